The molecule has 0 saturated carbocycles. The molecule has 0 spiro atoms. The van der Waals surface area contributed by atoms with Crippen LogP contribution >= 0.6 is 0 Å². The molecule has 85 heavy (non-hydrogen) atoms. The number of nitrogens with zero attached hydrogens (tertiary/aromatic N) is 4. The van der Waals surface area contributed by atoms with Crippen molar-refractivity contribution in [3.63, 3.8) is 0 Å². The van der Waals surface area contributed by atoms with Crippen molar-refractivity contribution in [1.29, 1.82) is 0 Å². The lowest BCUT2D eigenvalue weighted by atomic mass is 10.00. The fraction of sp³-hybridized carbons (Fsp3) is 0.651. The number of carbonyl (C=O) groups excluding carboxylic acids is 5. The highest BCUT2D eigenvalue weighted by molar-refractivity contribution is 6.07. The third kappa shape index (κ3) is 18.2. The number of benzene rings is 2. The predicted octanol–water partition coefficient (Wildman–Crippen LogP) is 11.1. The molecule has 4 amide bonds. The molecule has 0 aromatic heterocycles. The molecule has 6 heterocycles. The lowest BCUT2D eigenvalue weighted by Crippen LogP contribution is -2.57. The molecule has 4 saturated heterocycles. The van der Waals surface area contributed by atoms with Gasteiger partial charge in [0, 0.05) is 51.3 Å². The molecule has 8 rings (SSSR count). The van der Waals surface area contributed by atoms with Gasteiger partial charge in [-0.25, -0.2) is 19.4 Å². The summed E-state index contributed by atoms with van der Waals surface area (Å²) in [5, 5.41) is 8.80. The largest absolute Gasteiger partial charge is 0.493 e. The van der Waals surface area contributed by atoms with E-state index in [9.17, 15) is 28.8 Å². The molecule has 0 radical (unpaired) electrons. The van der Waals surface area contributed by atoms with E-state index in [0.717, 1.165) is 109 Å². The molecule has 4 fully saturated rings. The number of methoxy groups -OCH3 is 3. The van der Waals surface area contributed by atoms with Gasteiger partial charge in [-0.05, 0) is 115 Å². The van der Waals surface area contributed by atoms with Gasteiger partial charge in [-0.1, -0.05) is 63.8 Å². The van der Waals surface area contributed by atoms with Gasteiger partial charge in [0.15, 0.2) is 48.0 Å². The molecule has 6 aliphatic rings. The van der Waals surface area contributed by atoms with Gasteiger partial charge in [0.2, 0.25) is 0 Å². The molecule has 470 valence electrons. The number of carbonyl (C=O) groups is 6. The van der Waals surface area contributed by atoms with Crippen LogP contribution in [0.1, 0.15) is 175 Å². The number of piperidine rings is 2. The van der Waals surface area contributed by atoms with Crippen LogP contribution in [0.25, 0.3) is 0 Å². The number of ether oxygens (including phenoxy) is 11. The number of carboxylic acid groups (broad SMARTS) is 1. The van der Waals surface area contributed by atoms with E-state index < -0.39 is 43.2 Å². The minimum absolute atomic E-state index is 0.00557. The summed E-state index contributed by atoms with van der Waals surface area (Å²) in [6.45, 7) is 10.5. The van der Waals surface area contributed by atoms with Gasteiger partial charge in [0.05, 0.1) is 69.1 Å². The second kappa shape index (κ2) is 34.5. The molecule has 4 unspecified atom stereocenters. The maximum atomic E-state index is 14.0. The standard InChI is InChI=1S/C32H46N2O9.C31H44N2O9/c1-4-18-42-32(37)34-25-22-27(40-19-12-7-5-6-8-15-28(35)39-3)26(38-2)21-23(25)30(36)33-17-11-9-14-24(33)31(34)43-29-16-10-13-20-41-29;1-3-17-41-31(37)33-24-21-26(39-18-11-6-4-5-7-14-27(34)35)25(38-2)20-22(24)29(36)32-16-10-8-13-23(32)30(33)42-28-15-9-12-19-40-28/h4,21-22,24,29,31H,1,5-20H2,2-3H3;3,20-21,23,28,30H,1,4-19H2,2H3,(H,34,35)/t24-,29?,31?;23-,28?,30?/m00/s1. The first-order valence-electron chi connectivity index (χ1n) is 30.7. The van der Waals surface area contributed by atoms with Gasteiger partial charge < -0.3 is 67.0 Å². The molecule has 2 aromatic rings. The van der Waals surface area contributed by atoms with E-state index in [2.05, 4.69) is 17.9 Å². The zero-order valence-corrected chi connectivity index (χ0v) is 50.1. The summed E-state index contributed by atoms with van der Waals surface area (Å²) in [6, 6.07) is 5.90. The molecule has 0 bridgehead atoms. The Balaban J connectivity index is 0.000000244. The Morgan fingerprint density at radius 3 is 1.38 bits per heavy atom. The van der Waals surface area contributed by atoms with Crippen LogP contribution in [0.2, 0.25) is 0 Å². The minimum Gasteiger partial charge on any atom is -0.493 e. The highest BCUT2D eigenvalue weighted by Crippen LogP contribution is 2.45. The van der Waals surface area contributed by atoms with Crippen molar-refractivity contribution >= 4 is 47.3 Å². The smallest absolute Gasteiger partial charge is 0.416 e. The van der Waals surface area contributed by atoms with E-state index >= 15 is 0 Å². The first-order chi connectivity index (χ1) is 41.4. The number of fused-ring (bicyclic) bond motifs is 4. The highest BCUT2D eigenvalue weighted by atomic mass is 16.7. The van der Waals surface area contributed by atoms with Crippen molar-refractivity contribution in [2.24, 2.45) is 0 Å². The number of aliphatic carboxylic acids is 1. The lowest BCUT2D eigenvalue weighted by molar-refractivity contribution is -0.199. The molecule has 22 nitrogen and oxygen atoms in total. The van der Waals surface area contributed by atoms with Crippen LogP contribution in [0.5, 0.6) is 23.0 Å². The number of hydrogen-bond donors (Lipinski definition) is 1. The average Bonchev–Trinajstić information content (AvgIpc) is 2.22. The number of carboxylic acids is 1. The quantitative estimate of drug-likeness (QED) is 0.0361. The van der Waals surface area contributed by atoms with Gasteiger partial charge >= 0.3 is 24.1 Å². The summed E-state index contributed by atoms with van der Waals surface area (Å²) < 4.78 is 64.2. The van der Waals surface area contributed by atoms with Crippen molar-refractivity contribution in [2.45, 2.75) is 191 Å². The Labute approximate surface area is 500 Å². The van der Waals surface area contributed by atoms with E-state index in [-0.39, 0.29) is 49.5 Å². The van der Waals surface area contributed by atoms with Crippen molar-refractivity contribution in [3.8, 4) is 23.0 Å². The lowest BCUT2D eigenvalue weighted by Gasteiger charge is -2.42. The van der Waals surface area contributed by atoms with Crippen LogP contribution in [0.4, 0.5) is 21.0 Å². The first-order valence-corrected chi connectivity index (χ1v) is 30.7. The van der Waals surface area contributed by atoms with Gasteiger partial charge in [0.1, 0.15) is 13.2 Å². The molecule has 0 aliphatic carbocycles. The van der Waals surface area contributed by atoms with E-state index in [4.69, 9.17) is 52.5 Å². The third-order valence-electron chi connectivity index (χ3n) is 16.0. The van der Waals surface area contributed by atoms with Crippen molar-refractivity contribution in [3.05, 3.63) is 60.7 Å². The summed E-state index contributed by atoms with van der Waals surface area (Å²) in [6.07, 6.45) is 18.4. The van der Waals surface area contributed by atoms with E-state index in [1.165, 1.54) is 43.3 Å². The Hall–Kier alpha value is -6.62. The summed E-state index contributed by atoms with van der Waals surface area (Å²) in [5.74, 6) is 0.295. The van der Waals surface area contributed by atoms with Crippen LogP contribution in [-0.2, 0) is 42.7 Å². The van der Waals surface area contributed by atoms with Crippen molar-refractivity contribution < 1.29 is 86.0 Å². The molecule has 2 aromatic carbocycles. The normalized spacial score (nSPS) is 21.9. The maximum Gasteiger partial charge on any atom is 0.416 e. The molecular weight excluding hydrogens is 1100 g/mol. The average molecular weight is 1190 g/mol. The molecular formula is C63H90N4O18. The van der Waals surface area contributed by atoms with Crippen LogP contribution in [0.3, 0.4) is 0 Å². The van der Waals surface area contributed by atoms with Gasteiger partial charge in [0.25, 0.3) is 11.8 Å². The summed E-state index contributed by atoms with van der Waals surface area (Å²) >= 11 is 0. The zero-order chi connectivity index (χ0) is 60.5. The van der Waals surface area contributed by atoms with Crippen LogP contribution in [-0.4, -0.2) is 162 Å². The number of unbranched alkanes of at least 4 members (excludes halogenated alkanes) is 8. The van der Waals surface area contributed by atoms with E-state index in [0.29, 0.717) is 124 Å². The first kappa shape index (κ1) is 65.9. The summed E-state index contributed by atoms with van der Waals surface area (Å²) in [5.41, 5.74) is 1.34. The van der Waals surface area contributed by atoms with Gasteiger partial charge in [-0.3, -0.25) is 19.2 Å². The predicted molar refractivity (Wildman–Crippen MR) is 314 cm³/mol. The third-order valence-corrected chi connectivity index (χ3v) is 16.0. The molecule has 22 heteroatoms. The Morgan fingerprint density at radius 2 is 0.976 bits per heavy atom. The number of esters is 1. The zero-order valence-electron chi connectivity index (χ0n) is 50.1. The van der Waals surface area contributed by atoms with Crippen molar-refractivity contribution in [2.75, 3.05) is 83.9 Å². The highest BCUT2D eigenvalue weighted by Gasteiger charge is 2.49. The number of amides is 4. The van der Waals surface area contributed by atoms with Gasteiger partial charge in [-0.15, -0.1) is 0 Å². The summed E-state index contributed by atoms with van der Waals surface area (Å²) in [4.78, 5) is 84.0. The van der Waals surface area contributed by atoms with Crippen LogP contribution in [0.15, 0.2) is 49.6 Å². The minimum atomic E-state index is -0.817. The van der Waals surface area contributed by atoms with Crippen molar-refractivity contribution in [1.82, 2.24) is 9.80 Å². The van der Waals surface area contributed by atoms with Crippen LogP contribution in [0, 0.1) is 0 Å². The van der Waals surface area contributed by atoms with E-state index in [1.54, 1.807) is 29.2 Å². The molecule has 6 aliphatic heterocycles. The second-order valence-corrected chi connectivity index (χ2v) is 22.0. The Kier molecular flexibility index (Phi) is 26.8. The fourth-order valence-corrected chi connectivity index (χ4v) is 11.7. The number of hydrogen-bond acceptors (Lipinski definition) is 17. The summed E-state index contributed by atoms with van der Waals surface area (Å²) in [7, 11) is 4.45. The Morgan fingerprint density at radius 1 is 0.553 bits per heavy atom. The number of rotatable bonds is 28. The molecule has 1 N–H and O–H groups in total. The number of anilines is 2. The van der Waals surface area contributed by atoms with Crippen LogP contribution < -0.4 is 28.7 Å². The van der Waals surface area contributed by atoms with E-state index in [1.807, 2.05) is 4.90 Å². The maximum absolute atomic E-state index is 14.0. The SMILES string of the molecule is C=CCOC(=O)N1c2cc(OCCCCCCCC(=O)O)c(OC)cc2C(=O)N2CCCC[C@H]2C1OC1CCCCO1.C=CCOC(=O)N1c2cc(OCCCCCCCC(=O)OC)c(OC)cc2C(=O)N2CCCC[C@H]2C1OC1CCCCO1. The monoisotopic (exact) mass is 1190 g/mol. The molecule has 6 atom stereocenters. The second-order valence-electron chi connectivity index (χ2n) is 22.0. The Bertz CT molecular complexity index is 2530. The fourth-order valence-electron chi connectivity index (χ4n) is 11.7. The van der Waals surface area contributed by atoms with Gasteiger partial charge in [-0.2, -0.15) is 0 Å². The topological polar surface area (TPSA) is 237 Å².